The second kappa shape index (κ2) is 5.90. The Hall–Kier alpha value is -1.84. The van der Waals surface area contributed by atoms with Crippen molar-refractivity contribution in [1.82, 2.24) is 0 Å². The van der Waals surface area contributed by atoms with Crippen molar-refractivity contribution in [2.45, 2.75) is 13.0 Å². The standard InChI is InChI=1S/C12H15NO3/c1-9(13-8-12(14)16-3)10-4-6-11(15-2)7-5-10/h4-9H,1-3H3/t9-/m1/s1. The summed E-state index contributed by atoms with van der Waals surface area (Å²) in [7, 11) is 2.94. The van der Waals surface area contributed by atoms with Crippen molar-refractivity contribution in [3.05, 3.63) is 29.8 Å². The number of methoxy groups -OCH3 is 2. The van der Waals surface area contributed by atoms with Crippen LogP contribution in [0.15, 0.2) is 29.3 Å². The zero-order chi connectivity index (χ0) is 12.0. The molecule has 1 aromatic carbocycles. The van der Waals surface area contributed by atoms with E-state index in [0.717, 1.165) is 11.3 Å². The third-order valence-corrected chi connectivity index (χ3v) is 2.20. The monoisotopic (exact) mass is 221 g/mol. The van der Waals surface area contributed by atoms with Gasteiger partial charge in [-0.1, -0.05) is 12.1 Å². The molecule has 0 saturated heterocycles. The van der Waals surface area contributed by atoms with Crippen LogP contribution in [0.1, 0.15) is 18.5 Å². The summed E-state index contributed by atoms with van der Waals surface area (Å²) in [4.78, 5) is 14.9. The largest absolute Gasteiger partial charge is 0.497 e. The van der Waals surface area contributed by atoms with Crippen LogP contribution in [0, 0.1) is 0 Å². The van der Waals surface area contributed by atoms with Crippen LogP contribution in [-0.2, 0) is 9.53 Å². The fourth-order valence-electron chi connectivity index (χ4n) is 1.19. The minimum atomic E-state index is -0.444. The Balaban J connectivity index is 2.69. The molecule has 0 aliphatic carbocycles. The van der Waals surface area contributed by atoms with Crippen molar-refractivity contribution >= 4 is 12.2 Å². The van der Waals surface area contributed by atoms with Crippen molar-refractivity contribution in [1.29, 1.82) is 0 Å². The maximum absolute atomic E-state index is 10.9. The molecule has 0 saturated carbocycles. The molecule has 0 fully saturated rings. The summed E-state index contributed by atoms with van der Waals surface area (Å²) in [6.45, 7) is 1.90. The zero-order valence-electron chi connectivity index (χ0n) is 9.64. The lowest BCUT2D eigenvalue weighted by molar-refractivity contribution is -0.132. The summed E-state index contributed by atoms with van der Waals surface area (Å²) in [5, 5.41) is 0. The maximum atomic E-state index is 10.9. The van der Waals surface area contributed by atoms with Crippen molar-refractivity contribution in [2.75, 3.05) is 14.2 Å². The van der Waals surface area contributed by atoms with Gasteiger partial charge >= 0.3 is 5.97 Å². The van der Waals surface area contributed by atoms with Crippen molar-refractivity contribution in [3.63, 3.8) is 0 Å². The van der Waals surface area contributed by atoms with Gasteiger partial charge in [0.1, 0.15) is 12.0 Å². The molecule has 0 heterocycles. The lowest BCUT2D eigenvalue weighted by Gasteiger charge is -2.07. The lowest BCUT2D eigenvalue weighted by atomic mass is 10.1. The molecule has 0 unspecified atom stereocenters. The molecule has 0 N–H and O–H groups in total. The maximum Gasteiger partial charge on any atom is 0.348 e. The van der Waals surface area contributed by atoms with Gasteiger partial charge in [0.15, 0.2) is 0 Å². The van der Waals surface area contributed by atoms with Crippen LogP contribution in [0.4, 0.5) is 0 Å². The van der Waals surface area contributed by atoms with Gasteiger partial charge in [-0.05, 0) is 24.6 Å². The summed E-state index contributed by atoms with van der Waals surface area (Å²) < 4.78 is 9.52. The van der Waals surface area contributed by atoms with Crippen molar-refractivity contribution in [3.8, 4) is 5.75 Å². The minimum absolute atomic E-state index is 0.0787. The highest BCUT2D eigenvalue weighted by Crippen LogP contribution is 2.19. The normalized spacial score (nSPS) is 12.4. The fourth-order valence-corrected chi connectivity index (χ4v) is 1.19. The van der Waals surface area contributed by atoms with Gasteiger partial charge in [0, 0.05) is 0 Å². The molecule has 16 heavy (non-hydrogen) atoms. The molecule has 0 spiro atoms. The molecule has 0 bridgehead atoms. The average molecular weight is 221 g/mol. The molecule has 4 nitrogen and oxygen atoms in total. The van der Waals surface area contributed by atoms with Crippen LogP contribution in [0.3, 0.4) is 0 Å². The number of benzene rings is 1. The number of ether oxygens (including phenoxy) is 2. The number of aliphatic imine (C=N–C) groups is 1. The number of carbonyl (C=O) groups is 1. The first-order valence-corrected chi connectivity index (χ1v) is 4.92. The summed E-state index contributed by atoms with van der Waals surface area (Å²) >= 11 is 0. The molecular weight excluding hydrogens is 206 g/mol. The van der Waals surface area contributed by atoms with E-state index in [1.807, 2.05) is 31.2 Å². The van der Waals surface area contributed by atoms with E-state index in [9.17, 15) is 4.79 Å². The number of carbonyl (C=O) groups excluding carboxylic acids is 1. The molecule has 0 amide bonds. The molecular formula is C12H15NO3. The first-order valence-electron chi connectivity index (χ1n) is 4.92. The summed E-state index contributed by atoms with van der Waals surface area (Å²) in [5.41, 5.74) is 1.01. The van der Waals surface area contributed by atoms with E-state index in [4.69, 9.17) is 4.74 Å². The Kier molecular flexibility index (Phi) is 4.51. The highest BCUT2D eigenvalue weighted by molar-refractivity contribution is 6.23. The first kappa shape index (κ1) is 12.2. The van der Waals surface area contributed by atoms with E-state index in [2.05, 4.69) is 9.73 Å². The topological polar surface area (TPSA) is 47.9 Å². The Morgan fingerprint density at radius 1 is 1.31 bits per heavy atom. The number of rotatable bonds is 4. The summed E-state index contributed by atoms with van der Waals surface area (Å²) in [6, 6.07) is 7.47. The fraction of sp³-hybridized carbons (Fsp3) is 0.333. The van der Waals surface area contributed by atoms with Crippen molar-refractivity contribution in [2.24, 2.45) is 4.99 Å². The van der Waals surface area contributed by atoms with E-state index in [1.54, 1.807) is 7.11 Å². The number of hydrogen-bond acceptors (Lipinski definition) is 4. The van der Waals surface area contributed by atoms with Gasteiger partial charge in [0.05, 0.1) is 20.3 Å². The molecule has 1 atom stereocenters. The molecule has 0 aliphatic heterocycles. The molecule has 4 heteroatoms. The van der Waals surface area contributed by atoms with Crippen LogP contribution in [0.5, 0.6) is 5.75 Å². The predicted octanol–water partition coefficient (Wildman–Crippen LogP) is 2.00. The third-order valence-electron chi connectivity index (χ3n) is 2.20. The van der Waals surface area contributed by atoms with Gasteiger partial charge in [-0.25, -0.2) is 4.79 Å². The predicted molar refractivity (Wildman–Crippen MR) is 61.9 cm³/mol. The highest BCUT2D eigenvalue weighted by atomic mass is 16.5. The Labute approximate surface area is 94.9 Å². The Morgan fingerprint density at radius 2 is 1.94 bits per heavy atom. The van der Waals surface area contributed by atoms with Crippen LogP contribution in [0.2, 0.25) is 0 Å². The average Bonchev–Trinajstić information content (AvgIpc) is 2.35. The van der Waals surface area contributed by atoms with Gasteiger partial charge in [0.25, 0.3) is 0 Å². The van der Waals surface area contributed by atoms with Gasteiger partial charge in [-0.3, -0.25) is 4.99 Å². The Morgan fingerprint density at radius 3 is 2.44 bits per heavy atom. The number of nitrogens with zero attached hydrogens (tertiary/aromatic N) is 1. The first-order chi connectivity index (χ1) is 7.67. The van der Waals surface area contributed by atoms with E-state index >= 15 is 0 Å². The smallest absolute Gasteiger partial charge is 0.348 e. The SMILES string of the molecule is COC(=O)C=N[C@H](C)c1ccc(OC)cc1. The lowest BCUT2D eigenvalue weighted by Crippen LogP contribution is -2.02. The van der Waals surface area contributed by atoms with Gasteiger partial charge < -0.3 is 9.47 Å². The molecule has 86 valence electrons. The Bertz CT molecular complexity index is 370. The van der Waals surface area contributed by atoms with Crippen molar-refractivity contribution < 1.29 is 14.3 Å². The molecule has 0 aromatic heterocycles. The number of hydrogen-bond donors (Lipinski definition) is 0. The second-order valence-electron chi connectivity index (χ2n) is 3.25. The second-order valence-corrected chi connectivity index (χ2v) is 3.25. The molecule has 1 aromatic rings. The molecule has 0 radical (unpaired) electrons. The highest BCUT2D eigenvalue weighted by Gasteiger charge is 2.03. The van der Waals surface area contributed by atoms with E-state index in [1.165, 1.54) is 13.3 Å². The quantitative estimate of drug-likeness (QED) is 0.577. The van der Waals surface area contributed by atoms with E-state index < -0.39 is 5.97 Å². The van der Waals surface area contributed by atoms with Crippen LogP contribution in [0.25, 0.3) is 0 Å². The third kappa shape index (κ3) is 3.38. The van der Waals surface area contributed by atoms with Gasteiger partial charge in [0.2, 0.25) is 0 Å². The molecule has 1 rings (SSSR count). The summed E-state index contributed by atoms with van der Waals surface area (Å²) in [5.74, 6) is 0.355. The van der Waals surface area contributed by atoms with Gasteiger partial charge in [-0.2, -0.15) is 0 Å². The van der Waals surface area contributed by atoms with E-state index in [0.29, 0.717) is 0 Å². The van der Waals surface area contributed by atoms with Crippen LogP contribution in [-0.4, -0.2) is 26.4 Å². The summed E-state index contributed by atoms with van der Waals surface area (Å²) in [6.07, 6.45) is 1.19. The van der Waals surface area contributed by atoms with Crippen LogP contribution >= 0.6 is 0 Å². The number of esters is 1. The minimum Gasteiger partial charge on any atom is -0.497 e. The van der Waals surface area contributed by atoms with E-state index in [-0.39, 0.29) is 6.04 Å². The van der Waals surface area contributed by atoms with Gasteiger partial charge in [-0.15, -0.1) is 0 Å². The zero-order valence-corrected chi connectivity index (χ0v) is 9.64. The molecule has 0 aliphatic rings. The van der Waals surface area contributed by atoms with Crippen LogP contribution < -0.4 is 4.74 Å².